The van der Waals surface area contributed by atoms with E-state index in [-0.39, 0.29) is 0 Å². The van der Waals surface area contributed by atoms with Crippen molar-refractivity contribution in [3.63, 3.8) is 0 Å². The lowest BCUT2D eigenvalue weighted by atomic mass is 10.1. The number of hydrogen-bond donors (Lipinski definition) is 1. The number of anilines is 1. The Hall–Kier alpha value is -3.19. The van der Waals surface area contributed by atoms with Crippen molar-refractivity contribution in [3.05, 3.63) is 78.2 Å². The Kier molecular flexibility index (Phi) is 4.08. The van der Waals surface area contributed by atoms with Gasteiger partial charge in [-0.1, -0.05) is 30.3 Å². The molecule has 0 fully saturated rings. The summed E-state index contributed by atoms with van der Waals surface area (Å²) in [5.41, 5.74) is 3.98. The second-order valence-corrected chi connectivity index (χ2v) is 4.84. The first-order chi connectivity index (χ1) is 10.8. The van der Waals surface area contributed by atoms with Crippen LogP contribution in [0.25, 0.3) is 11.1 Å². The van der Waals surface area contributed by atoms with Crippen LogP contribution < -0.4 is 5.32 Å². The summed E-state index contributed by atoms with van der Waals surface area (Å²) >= 11 is 0. The largest absolute Gasteiger partial charge is 0.366 e. The summed E-state index contributed by atoms with van der Waals surface area (Å²) in [6.45, 7) is 0.687. The Bertz CT molecular complexity index is 772. The number of hydrogen-bond acceptors (Lipinski definition) is 4. The molecular formula is C18H14N4. The van der Waals surface area contributed by atoms with Crippen molar-refractivity contribution < 1.29 is 0 Å². The van der Waals surface area contributed by atoms with Gasteiger partial charge in [0.25, 0.3) is 0 Å². The summed E-state index contributed by atoms with van der Waals surface area (Å²) in [5.74, 6) is 0.760. The van der Waals surface area contributed by atoms with Crippen molar-refractivity contribution in [2.24, 2.45) is 0 Å². The maximum absolute atomic E-state index is 8.74. The fourth-order valence-electron chi connectivity index (χ4n) is 2.11. The molecule has 2 heterocycles. The van der Waals surface area contributed by atoms with Crippen LogP contribution in [0.15, 0.2) is 67.1 Å². The van der Waals surface area contributed by atoms with Gasteiger partial charge in [0.2, 0.25) is 0 Å². The van der Waals surface area contributed by atoms with Crippen LogP contribution in [0.3, 0.4) is 0 Å². The van der Waals surface area contributed by atoms with Crippen LogP contribution >= 0.6 is 0 Å². The predicted octanol–water partition coefficient (Wildman–Crippen LogP) is 3.63. The first-order valence-corrected chi connectivity index (χ1v) is 6.94. The summed E-state index contributed by atoms with van der Waals surface area (Å²) in [6, 6.07) is 17.9. The van der Waals surface area contributed by atoms with Crippen LogP contribution in [-0.2, 0) is 6.54 Å². The molecule has 0 radical (unpaired) electrons. The molecule has 1 N–H and O–H groups in total. The molecule has 106 valence electrons. The molecule has 0 atom stereocenters. The summed E-state index contributed by atoms with van der Waals surface area (Å²) in [4.78, 5) is 8.32. The minimum atomic E-state index is 0.561. The molecule has 3 aromatic rings. The molecule has 0 aliphatic carbocycles. The zero-order valence-electron chi connectivity index (χ0n) is 11.9. The lowest BCUT2D eigenvalue weighted by Crippen LogP contribution is -2.01. The van der Waals surface area contributed by atoms with E-state index in [0.717, 1.165) is 16.9 Å². The molecule has 0 bridgehead atoms. The van der Waals surface area contributed by atoms with E-state index in [1.807, 2.05) is 24.4 Å². The molecule has 22 heavy (non-hydrogen) atoms. The Balaban J connectivity index is 1.65. The SMILES string of the molecule is N#Cc1ccc(NCc2ccc(-c3cccnc3)cc2)nc1. The van der Waals surface area contributed by atoms with Crippen LogP contribution in [0, 0.1) is 11.3 Å². The van der Waals surface area contributed by atoms with Gasteiger partial charge in [0.1, 0.15) is 11.9 Å². The van der Waals surface area contributed by atoms with Gasteiger partial charge < -0.3 is 5.32 Å². The molecule has 2 aromatic heterocycles. The molecule has 0 aliphatic rings. The molecule has 0 aliphatic heterocycles. The number of nitriles is 1. The van der Waals surface area contributed by atoms with Crippen LogP contribution in [0.4, 0.5) is 5.82 Å². The second kappa shape index (κ2) is 6.51. The first kappa shape index (κ1) is 13.8. The highest BCUT2D eigenvalue weighted by Gasteiger charge is 1.99. The average Bonchev–Trinajstić information content (AvgIpc) is 2.61. The Morgan fingerprint density at radius 1 is 0.955 bits per heavy atom. The monoisotopic (exact) mass is 286 g/mol. The minimum Gasteiger partial charge on any atom is -0.366 e. The smallest absolute Gasteiger partial charge is 0.126 e. The number of aromatic nitrogens is 2. The van der Waals surface area contributed by atoms with Gasteiger partial charge in [-0.15, -0.1) is 0 Å². The lowest BCUT2D eigenvalue weighted by molar-refractivity contribution is 1.11. The Morgan fingerprint density at radius 3 is 2.45 bits per heavy atom. The molecular weight excluding hydrogens is 272 g/mol. The van der Waals surface area contributed by atoms with Crippen molar-refractivity contribution in [2.45, 2.75) is 6.54 Å². The third kappa shape index (κ3) is 3.28. The third-order valence-electron chi connectivity index (χ3n) is 3.32. The molecule has 0 saturated carbocycles. The molecule has 0 unspecified atom stereocenters. The van der Waals surface area contributed by atoms with E-state index in [1.165, 1.54) is 5.56 Å². The van der Waals surface area contributed by atoms with E-state index in [0.29, 0.717) is 12.1 Å². The van der Waals surface area contributed by atoms with Crippen LogP contribution in [0.1, 0.15) is 11.1 Å². The van der Waals surface area contributed by atoms with E-state index >= 15 is 0 Å². The zero-order valence-corrected chi connectivity index (χ0v) is 11.9. The van der Waals surface area contributed by atoms with Crippen molar-refractivity contribution in [2.75, 3.05) is 5.32 Å². The quantitative estimate of drug-likeness (QED) is 0.795. The summed E-state index contributed by atoms with van der Waals surface area (Å²) in [6.07, 6.45) is 5.19. The predicted molar refractivity (Wildman–Crippen MR) is 86.0 cm³/mol. The third-order valence-corrected chi connectivity index (χ3v) is 3.32. The second-order valence-electron chi connectivity index (χ2n) is 4.84. The van der Waals surface area contributed by atoms with Crippen molar-refractivity contribution in [3.8, 4) is 17.2 Å². The number of pyridine rings is 2. The minimum absolute atomic E-state index is 0.561. The van der Waals surface area contributed by atoms with Gasteiger partial charge in [0.15, 0.2) is 0 Å². The van der Waals surface area contributed by atoms with E-state index in [9.17, 15) is 0 Å². The van der Waals surface area contributed by atoms with Crippen molar-refractivity contribution in [1.82, 2.24) is 9.97 Å². The Labute approximate surface area is 129 Å². The van der Waals surface area contributed by atoms with E-state index in [2.05, 4.69) is 45.6 Å². The van der Waals surface area contributed by atoms with Gasteiger partial charge in [-0.25, -0.2) is 4.98 Å². The van der Waals surface area contributed by atoms with Gasteiger partial charge in [-0.2, -0.15) is 5.26 Å². The van der Waals surface area contributed by atoms with Gasteiger partial charge in [0.05, 0.1) is 5.56 Å². The molecule has 4 nitrogen and oxygen atoms in total. The van der Waals surface area contributed by atoms with Crippen LogP contribution in [0.2, 0.25) is 0 Å². The van der Waals surface area contributed by atoms with Crippen molar-refractivity contribution >= 4 is 5.82 Å². The van der Waals surface area contributed by atoms with Crippen LogP contribution in [-0.4, -0.2) is 9.97 Å². The topological polar surface area (TPSA) is 61.6 Å². The molecule has 0 spiro atoms. The van der Waals surface area contributed by atoms with Gasteiger partial charge >= 0.3 is 0 Å². The zero-order chi connectivity index (χ0) is 15.2. The van der Waals surface area contributed by atoms with E-state index in [4.69, 9.17) is 5.26 Å². The Morgan fingerprint density at radius 2 is 1.82 bits per heavy atom. The first-order valence-electron chi connectivity index (χ1n) is 6.94. The molecule has 0 amide bonds. The molecule has 0 saturated heterocycles. The highest BCUT2D eigenvalue weighted by Crippen LogP contribution is 2.18. The van der Waals surface area contributed by atoms with E-state index < -0.39 is 0 Å². The van der Waals surface area contributed by atoms with Gasteiger partial charge in [-0.3, -0.25) is 4.98 Å². The lowest BCUT2D eigenvalue weighted by Gasteiger charge is -2.07. The maximum Gasteiger partial charge on any atom is 0.126 e. The highest BCUT2D eigenvalue weighted by molar-refractivity contribution is 5.62. The van der Waals surface area contributed by atoms with Crippen LogP contribution in [0.5, 0.6) is 0 Å². The fraction of sp³-hybridized carbons (Fsp3) is 0.0556. The summed E-state index contributed by atoms with van der Waals surface area (Å²) in [7, 11) is 0. The number of nitrogens with zero attached hydrogens (tertiary/aromatic N) is 3. The van der Waals surface area contributed by atoms with E-state index in [1.54, 1.807) is 18.5 Å². The molecule has 3 rings (SSSR count). The number of rotatable bonds is 4. The normalized spacial score (nSPS) is 9.95. The molecule has 4 heteroatoms. The molecule has 1 aromatic carbocycles. The summed E-state index contributed by atoms with van der Waals surface area (Å²) in [5, 5.41) is 12.0. The maximum atomic E-state index is 8.74. The van der Waals surface area contributed by atoms with Gasteiger partial charge in [0, 0.05) is 25.1 Å². The average molecular weight is 286 g/mol. The standard InChI is InChI=1S/C18H14N4/c19-10-15-5-8-18(22-12-15)21-11-14-3-6-16(7-4-14)17-2-1-9-20-13-17/h1-9,12-13H,11H2,(H,21,22). The number of nitrogens with one attached hydrogen (secondary N) is 1. The highest BCUT2D eigenvalue weighted by atomic mass is 15.0. The van der Waals surface area contributed by atoms with Gasteiger partial charge in [-0.05, 0) is 34.9 Å². The summed E-state index contributed by atoms with van der Waals surface area (Å²) < 4.78 is 0. The fourth-order valence-corrected chi connectivity index (χ4v) is 2.11. The van der Waals surface area contributed by atoms with Crippen molar-refractivity contribution in [1.29, 1.82) is 5.26 Å². The number of benzene rings is 1.